The van der Waals surface area contributed by atoms with E-state index in [4.69, 9.17) is 16.5 Å². The summed E-state index contributed by atoms with van der Waals surface area (Å²) in [5, 5.41) is 0. The van der Waals surface area contributed by atoms with Crippen LogP contribution < -0.4 is 16.5 Å². The van der Waals surface area contributed by atoms with Crippen molar-refractivity contribution in [2.24, 2.45) is 16.5 Å². The Morgan fingerprint density at radius 1 is 1.18 bits per heavy atom. The van der Waals surface area contributed by atoms with E-state index in [0.717, 1.165) is 0 Å². The minimum atomic E-state index is -0.704. The maximum absolute atomic E-state index is 6.01. The van der Waals surface area contributed by atoms with E-state index in [9.17, 15) is 0 Å². The van der Waals surface area contributed by atoms with Gasteiger partial charge in [-0.2, -0.15) is 8.88 Å². The molecule has 0 aliphatic rings. The molecule has 0 bridgehead atoms. The minimum Gasteiger partial charge on any atom is -0.693 e. The Morgan fingerprint density at radius 2 is 1.18 bits per heavy atom. The van der Waals surface area contributed by atoms with Gasteiger partial charge in [0.2, 0.25) is 0 Å². The van der Waals surface area contributed by atoms with Crippen LogP contribution >= 0.6 is 25.7 Å². The fourth-order valence-electron chi connectivity index (χ4n) is 0. The Bertz CT molecular complexity index is 27.0. The van der Waals surface area contributed by atoms with E-state index in [2.05, 4.69) is 14.4 Å². The molecule has 0 saturated heterocycles. The van der Waals surface area contributed by atoms with E-state index in [-0.39, 0.29) is 102 Å². The predicted octanol–water partition coefficient (Wildman–Crippen LogP) is 1.95. The Balaban J connectivity index is -0.00000000848. The molecular weight excluding hydrogens is 467 g/mol. The monoisotopic (exact) mass is 481 g/mol. The van der Waals surface area contributed by atoms with Gasteiger partial charge in [0.25, 0.3) is 0 Å². The largest absolute Gasteiger partial charge is 0.693 e. The third-order valence-corrected chi connectivity index (χ3v) is 0. The van der Waals surface area contributed by atoms with Crippen molar-refractivity contribution < 1.29 is 80.8 Å². The summed E-state index contributed by atoms with van der Waals surface area (Å²) in [4.78, 5) is 0. The first-order valence-corrected chi connectivity index (χ1v) is 5.49. The molecule has 11 heteroatoms. The standard InChI is InChI=1S/H6N2P2.H4N2P.2H2N.2Pm/c1-4(2)3;1-3-2;;;;/h1-3H2;1,3H,2H2;2*1H2;;/q;3*-1;;. The van der Waals surface area contributed by atoms with Gasteiger partial charge in [-0.3, -0.25) is 11.0 Å². The van der Waals surface area contributed by atoms with Crippen molar-refractivity contribution in [1.29, 1.82) is 0 Å². The minimum absolute atomic E-state index is 0. The smallest absolute Gasteiger partial charge is 0.0470 e. The van der Waals surface area contributed by atoms with Crippen molar-refractivity contribution in [3.8, 4) is 0 Å². The molecule has 0 aromatic heterocycles. The Morgan fingerprint density at radius 3 is 1.18 bits per heavy atom. The Hall–Kier alpha value is 3.73. The van der Waals surface area contributed by atoms with Crippen molar-refractivity contribution in [1.82, 2.24) is 0 Å². The molecule has 11 N–H and O–H groups in total. The number of nitrogens with one attached hydrogen (secondary N) is 1. The topological polar surface area (TPSA) is 169 Å². The van der Waals surface area contributed by atoms with Gasteiger partial charge in [-0.05, 0) is 0 Å². The zero-order valence-electron chi connectivity index (χ0n) is 5.81. The second kappa shape index (κ2) is 37.2. The molecule has 2 atom stereocenters. The van der Waals surface area contributed by atoms with Crippen LogP contribution in [-0.4, -0.2) is 0 Å². The predicted molar refractivity (Wildman–Crippen MR) is 52.4 cm³/mol. The maximum Gasteiger partial charge on any atom is 0.0470 e. The van der Waals surface area contributed by atoms with E-state index in [1.807, 2.05) is 0 Å². The van der Waals surface area contributed by atoms with Gasteiger partial charge >= 0.3 is 0 Å². The second-order valence-electron chi connectivity index (χ2n) is 0.592. The van der Waals surface area contributed by atoms with Gasteiger partial charge < -0.3 is 23.3 Å². The van der Waals surface area contributed by atoms with Crippen molar-refractivity contribution in [2.45, 2.75) is 0 Å². The molecule has 11 heavy (non-hydrogen) atoms. The summed E-state index contributed by atoms with van der Waals surface area (Å²) in [5.74, 6) is 0. The zero-order valence-corrected chi connectivity index (χ0v) is 14.6. The summed E-state index contributed by atoms with van der Waals surface area (Å²) < 4.78 is 0. The van der Waals surface area contributed by atoms with E-state index < -0.39 is 7.91 Å². The van der Waals surface area contributed by atoms with E-state index in [1.165, 1.54) is 0 Å². The molecule has 0 fully saturated rings. The van der Waals surface area contributed by atoms with Gasteiger partial charge in [0.1, 0.15) is 0 Å². The van der Waals surface area contributed by atoms with Gasteiger partial charge in [0.15, 0.2) is 0 Å². The van der Waals surface area contributed by atoms with Crippen molar-refractivity contribution in [3.63, 3.8) is 0 Å². The summed E-state index contributed by atoms with van der Waals surface area (Å²) in [7, 11) is 1.41. The van der Waals surface area contributed by atoms with Crippen LogP contribution in [0.1, 0.15) is 0 Å². The maximum atomic E-state index is 6.01. The molecule has 0 spiro atoms. The van der Waals surface area contributed by atoms with Gasteiger partial charge in [0, 0.05) is 88.7 Å². The molecule has 72 valence electrons. The molecule has 0 rings (SSSR count). The Labute approximate surface area is 138 Å². The third kappa shape index (κ3) is 136. The average Bonchev–Trinajstić information content (AvgIpc) is 1.33. The van der Waals surface area contributed by atoms with E-state index >= 15 is 0 Å². The van der Waals surface area contributed by atoms with E-state index in [0.29, 0.717) is 0 Å². The summed E-state index contributed by atoms with van der Waals surface area (Å²) in [6.07, 6.45) is 0. The van der Waals surface area contributed by atoms with Crippen molar-refractivity contribution in [2.75, 3.05) is 0 Å². The summed E-state index contributed by atoms with van der Waals surface area (Å²) in [6.45, 7) is 0. The number of nitrogens with two attached hydrogens (primary N) is 5. The fraction of sp³-hybridized carbons (Fsp3) is 0. The fourth-order valence-corrected chi connectivity index (χ4v) is 0. The van der Waals surface area contributed by atoms with Gasteiger partial charge in [-0.25, -0.2) is 0 Å². The van der Waals surface area contributed by atoms with Crippen LogP contribution in [-0.2, 0) is 0 Å². The molecular formula is H14N6P3Pm2-3. The SMILES string of the molecule is NP(N)P.[NH-]PN.[NH2-].[NH2-].[Pm].[Pm]. The molecule has 0 amide bonds. The molecule has 0 heterocycles. The molecule has 0 aromatic rings. The molecule has 2 radical (unpaired) electrons. The molecule has 0 saturated carbocycles. The molecule has 0 aromatic carbocycles. The third-order valence-electron chi connectivity index (χ3n) is 0. The Kier molecular flexibility index (Phi) is 123. The van der Waals surface area contributed by atoms with Crippen molar-refractivity contribution in [3.05, 3.63) is 17.8 Å². The molecule has 2 unspecified atom stereocenters. The number of hydrogen-bond acceptors (Lipinski definition) is 3. The number of hydrogen-bond donors (Lipinski definition) is 3. The van der Waals surface area contributed by atoms with E-state index in [1.54, 1.807) is 0 Å². The first kappa shape index (κ1) is 36.4. The van der Waals surface area contributed by atoms with Gasteiger partial charge in [0.05, 0.1) is 0 Å². The van der Waals surface area contributed by atoms with Crippen LogP contribution in [0.15, 0.2) is 0 Å². The van der Waals surface area contributed by atoms with Gasteiger partial charge in [-0.1, -0.05) is 8.93 Å². The molecule has 0 aliphatic carbocycles. The van der Waals surface area contributed by atoms with Crippen LogP contribution in [0, 0.1) is 80.8 Å². The summed E-state index contributed by atoms with van der Waals surface area (Å²) in [6, 6.07) is 0. The van der Waals surface area contributed by atoms with Crippen LogP contribution in [0.4, 0.5) is 0 Å². The van der Waals surface area contributed by atoms with Crippen LogP contribution in [0.25, 0.3) is 17.8 Å². The van der Waals surface area contributed by atoms with Crippen LogP contribution in [0.3, 0.4) is 0 Å². The molecule has 0 aliphatic heterocycles. The van der Waals surface area contributed by atoms with Gasteiger partial charge in [-0.15, -0.1) is 0 Å². The van der Waals surface area contributed by atoms with Crippen molar-refractivity contribution >= 4 is 25.7 Å². The first-order valence-electron chi connectivity index (χ1n) is 1.31. The zero-order chi connectivity index (χ0) is 6.28. The molecule has 6 nitrogen and oxygen atoms in total. The number of rotatable bonds is 0. The quantitative estimate of drug-likeness (QED) is 0.451. The second-order valence-corrected chi connectivity index (χ2v) is 3.56. The average molecular weight is 481 g/mol. The first-order chi connectivity index (χ1) is 3.15. The van der Waals surface area contributed by atoms with Crippen LogP contribution in [0.2, 0.25) is 0 Å². The van der Waals surface area contributed by atoms with Crippen LogP contribution in [0.5, 0.6) is 0 Å². The summed E-state index contributed by atoms with van der Waals surface area (Å²) in [5.41, 5.74) is 20.4. The summed E-state index contributed by atoms with van der Waals surface area (Å²) >= 11 is 0. The normalized spacial score (nSPS) is 6.00.